The molecule has 0 saturated carbocycles. The van der Waals surface area contributed by atoms with E-state index in [4.69, 9.17) is 24.1 Å². The van der Waals surface area contributed by atoms with Gasteiger partial charge < -0.3 is 34.0 Å². The van der Waals surface area contributed by atoms with Crippen LogP contribution in [0.5, 0.6) is 23.0 Å². The van der Waals surface area contributed by atoms with Crippen LogP contribution in [0.15, 0.2) is 114 Å². The van der Waals surface area contributed by atoms with Crippen molar-refractivity contribution in [3.8, 4) is 34.4 Å². The Labute approximate surface area is 344 Å². The summed E-state index contributed by atoms with van der Waals surface area (Å²) in [5.74, 6) is -2.77. The number of ether oxygens (including phenoxy) is 4. The third kappa shape index (κ3) is 8.68. The van der Waals surface area contributed by atoms with Crippen LogP contribution < -0.4 is 14.2 Å². The Morgan fingerprint density at radius 1 is 0.864 bits per heavy atom. The van der Waals surface area contributed by atoms with Crippen molar-refractivity contribution in [2.45, 2.75) is 31.8 Å². The van der Waals surface area contributed by atoms with Crippen molar-refractivity contribution in [1.29, 1.82) is 0 Å². The highest BCUT2D eigenvalue weighted by molar-refractivity contribution is 9.10. The van der Waals surface area contributed by atoms with Crippen LogP contribution in [0.3, 0.4) is 0 Å². The van der Waals surface area contributed by atoms with Crippen LogP contribution in [0, 0.1) is 23.4 Å². The van der Waals surface area contributed by atoms with E-state index in [9.17, 15) is 22.8 Å². The van der Waals surface area contributed by atoms with Gasteiger partial charge in [0.2, 0.25) is 0 Å². The van der Waals surface area contributed by atoms with Crippen molar-refractivity contribution < 1.29 is 46.8 Å². The first-order valence-corrected chi connectivity index (χ1v) is 19.4. The Morgan fingerprint density at radius 2 is 1.64 bits per heavy atom. The standard InChI is InChI=1S/C28H20F3N3O4.C17H15BrO3/c29-20-5-4-17(38-27-21(30)11-22-18(25(27)31)6-7-32-22)10-19(20)28-33-12-23(34-28)16-8-14-2-1-3-15(9-24(35)36)26(14)37-13-16;18-15-8-4-7-13-9-14(11-20-16(13)15)17(19)21-10-12-5-2-1-3-6-12/h1-7,10-12,16,32H,8-9,13H2,(H,33,34)(H,35,36);1-8,14H,9-11H2/t16-;/m1./s1. The molecule has 59 heavy (non-hydrogen) atoms. The van der Waals surface area contributed by atoms with Crippen LogP contribution in [0.25, 0.3) is 22.3 Å². The lowest BCUT2D eigenvalue weighted by Crippen LogP contribution is -2.29. The van der Waals surface area contributed by atoms with Crippen LogP contribution in [0.4, 0.5) is 13.2 Å². The fourth-order valence-electron chi connectivity index (χ4n) is 7.13. The lowest BCUT2D eigenvalue weighted by molar-refractivity contribution is -0.151. The van der Waals surface area contributed by atoms with E-state index in [0.29, 0.717) is 48.6 Å². The largest absolute Gasteiger partial charge is 0.492 e. The number of hydrogen-bond acceptors (Lipinski definition) is 7. The number of aliphatic carboxylic acids is 1. The van der Waals surface area contributed by atoms with Crippen LogP contribution in [-0.4, -0.2) is 45.2 Å². The molecule has 0 aliphatic carbocycles. The summed E-state index contributed by atoms with van der Waals surface area (Å²) < 4.78 is 67.6. The Balaban J connectivity index is 0.000000195. The molecule has 0 spiro atoms. The monoisotopic (exact) mass is 865 g/mol. The summed E-state index contributed by atoms with van der Waals surface area (Å²) in [5.41, 5.74) is 4.58. The number of benzene rings is 5. The van der Waals surface area contributed by atoms with Crippen LogP contribution in [-0.2, 0) is 40.2 Å². The summed E-state index contributed by atoms with van der Waals surface area (Å²) in [6, 6.07) is 27.3. The van der Waals surface area contributed by atoms with Gasteiger partial charge in [-0.3, -0.25) is 9.59 Å². The Hall–Kier alpha value is -6.54. The zero-order chi connectivity index (χ0) is 41.0. The molecule has 0 amide bonds. The number of aromatic nitrogens is 3. The molecule has 9 rings (SSSR count). The van der Waals surface area contributed by atoms with Crippen LogP contribution >= 0.6 is 15.9 Å². The molecule has 0 radical (unpaired) electrons. The van der Waals surface area contributed by atoms with Gasteiger partial charge in [0.25, 0.3) is 0 Å². The summed E-state index contributed by atoms with van der Waals surface area (Å²) in [5, 5.41) is 9.32. The molecule has 10 nitrogen and oxygen atoms in total. The first kappa shape index (κ1) is 39.3. The number of hydrogen-bond donors (Lipinski definition) is 3. The van der Waals surface area contributed by atoms with Crippen molar-refractivity contribution >= 4 is 38.8 Å². The second-order valence-corrected chi connectivity index (χ2v) is 14.9. The van der Waals surface area contributed by atoms with Gasteiger partial charge in [0.1, 0.15) is 42.1 Å². The predicted molar refractivity (Wildman–Crippen MR) is 215 cm³/mol. The summed E-state index contributed by atoms with van der Waals surface area (Å²) in [4.78, 5) is 33.5. The molecule has 0 bridgehead atoms. The van der Waals surface area contributed by atoms with Gasteiger partial charge in [-0.1, -0.05) is 60.7 Å². The normalized spacial score (nSPS) is 15.5. The second kappa shape index (κ2) is 17.1. The maximum atomic E-state index is 14.8. The van der Waals surface area contributed by atoms with Gasteiger partial charge in [-0.25, -0.2) is 18.2 Å². The molecule has 0 fully saturated rings. The van der Waals surface area contributed by atoms with Gasteiger partial charge in [-0.15, -0.1) is 0 Å². The molecule has 3 N–H and O–H groups in total. The van der Waals surface area contributed by atoms with Gasteiger partial charge >= 0.3 is 11.9 Å². The van der Waals surface area contributed by atoms with E-state index in [-0.39, 0.29) is 53.4 Å². The summed E-state index contributed by atoms with van der Waals surface area (Å²) in [6.07, 6.45) is 4.18. The molecule has 7 aromatic rings. The number of H-pyrrole nitrogens is 2. The average molecular weight is 867 g/mol. The molecule has 300 valence electrons. The minimum absolute atomic E-state index is 0.0351. The predicted octanol–water partition coefficient (Wildman–Crippen LogP) is 9.86. The van der Waals surface area contributed by atoms with Crippen molar-refractivity contribution in [1.82, 2.24) is 15.0 Å². The van der Waals surface area contributed by atoms with Gasteiger partial charge in [-0.2, -0.15) is 0 Å². The third-order valence-corrected chi connectivity index (χ3v) is 10.7. The lowest BCUT2D eigenvalue weighted by atomic mass is 9.92. The topological polar surface area (TPSA) is 136 Å². The highest BCUT2D eigenvalue weighted by Gasteiger charge is 2.29. The molecule has 1 unspecified atom stereocenters. The minimum Gasteiger partial charge on any atom is -0.492 e. The Kier molecular flexibility index (Phi) is 11.4. The molecule has 4 heterocycles. The number of halogens is 4. The maximum Gasteiger partial charge on any atom is 0.313 e. The maximum absolute atomic E-state index is 14.8. The van der Waals surface area contributed by atoms with E-state index in [0.717, 1.165) is 39.0 Å². The molecule has 2 aliphatic heterocycles. The van der Waals surface area contributed by atoms with E-state index >= 15 is 0 Å². The molecular formula is C45H35BrF3N3O7. The first-order valence-electron chi connectivity index (χ1n) is 18.6. The summed E-state index contributed by atoms with van der Waals surface area (Å²) >= 11 is 3.46. The van der Waals surface area contributed by atoms with Gasteiger partial charge in [-0.05, 0) is 75.8 Å². The van der Waals surface area contributed by atoms with E-state index in [1.807, 2.05) is 54.6 Å². The fraction of sp³-hybridized carbons (Fsp3) is 0.178. The zero-order valence-electron chi connectivity index (χ0n) is 31.1. The quantitative estimate of drug-likeness (QED) is 0.122. The number of fused-ring (bicyclic) bond motifs is 3. The number of carboxylic acids is 1. The van der Waals surface area contributed by atoms with E-state index in [1.54, 1.807) is 18.3 Å². The Morgan fingerprint density at radius 3 is 2.46 bits per heavy atom. The van der Waals surface area contributed by atoms with E-state index < -0.39 is 29.2 Å². The van der Waals surface area contributed by atoms with Crippen molar-refractivity contribution in [2.24, 2.45) is 5.92 Å². The number of nitrogens with one attached hydrogen (secondary N) is 2. The van der Waals surface area contributed by atoms with E-state index in [1.165, 1.54) is 24.4 Å². The first-order chi connectivity index (χ1) is 28.6. The average Bonchev–Trinajstić information content (AvgIpc) is 3.93. The van der Waals surface area contributed by atoms with Crippen molar-refractivity contribution in [2.75, 3.05) is 13.2 Å². The number of carbonyl (C=O) groups excluding carboxylic acids is 1. The molecule has 0 saturated heterocycles. The van der Waals surface area contributed by atoms with Crippen LogP contribution in [0.2, 0.25) is 0 Å². The Bertz CT molecular complexity index is 2670. The smallest absolute Gasteiger partial charge is 0.313 e. The summed E-state index contributed by atoms with van der Waals surface area (Å²) in [7, 11) is 0. The second-order valence-electron chi connectivity index (χ2n) is 14.1. The number of rotatable bonds is 9. The number of carboxylic acid groups (broad SMARTS) is 1. The molecule has 2 atom stereocenters. The summed E-state index contributed by atoms with van der Waals surface area (Å²) in [6.45, 7) is 0.960. The third-order valence-electron chi connectivity index (χ3n) is 10.1. The molecule has 5 aromatic carbocycles. The highest BCUT2D eigenvalue weighted by Crippen LogP contribution is 2.38. The number of imidazole rings is 1. The molecular weight excluding hydrogens is 831 g/mol. The SMILES string of the molecule is O=C(O)Cc1cccc2c1OC[C@H](c1cnc(-c3cc(Oc4c(F)cc5[nH]ccc5c4F)ccc3F)[nH]1)C2.O=C(OCc1ccccc1)C1COc2c(Br)cccc2C1. The molecule has 2 aliphatic rings. The van der Waals surface area contributed by atoms with Crippen molar-refractivity contribution in [3.05, 3.63) is 159 Å². The number of aromatic amines is 2. The van der Waals surface area contributed by atoms with Crippen LogP contribution in [0.1, 0.15) is 33.9 Å². The van der Waals surface area contributed by atoms with Crippen molar-refractivity contribution in [3.63, 3.8) is 0 Å². The minimum atomic E-state index is -0.939. The molecule has 14 heteroatoms. The number of esters is 1. The number of para-hydroxylation sites is 2. The number of carbonyl (C=O) groups is 2. The molecule has 2 aromatic heterocycles. The fourth-order valence-corrected chi connectivity index (χ4v) is 7.65. The van der Waals surface area contributed by atoms with Gasteiger partial charge in [0.05, 0.1) is 34.5 Å². The van der Waals surface area contributed by atoms with E-state index in [2.05, 4.69) is 30.9 Å². The van der Waals surface area contributed by atoms with Gasteiger partial charge in [0, 0.05) is 41.0 Å². The highest BCUT2D eigenvalue weighted by atomic mass is 79.9. The van der Waals surface area contributed by atoms with Gasteiger partial charge in [0.15, 0.2) is 17.4 Å². The number of nitrogens with zero attached hydrogens (tertiary/aromatic N) is 1. The lowest BCUT2D eigenvalue weighted by Gasteiger charge is -2.26. The zero-order valence-corrected chi connectivity index (χ0v) is 32.7.